The Morgan fingerprint density at radius 1 is 1.10 bits per heavy atom. The molecule has 3 amide bonds. The molecule has 0 unspecified atom stereocenters. The summed E-state index contributed by atoms with van der Waals surface area (Å²) < 4.78 is 0. The molecule has 7 heteroatoms. The molecule has 2 rings (SSSR count). The summed E-state index contributed by atoms with van der Waals surface area (Å²) >= 11 is 1.37. The SMILES string of the molecule is CN(C(=O)CSc1ccccc1C(=O)NCC(=O)NC(C)(C)C)C1CCCCC1. The molecule has 1 aliphatic rings. The highest BCUT2D eigenvalue weighted by molar-refractivity contribution is 8.00. The molecule has 1 aliphatic carbocycles. The van der Waals surface area contributed by atoms with E-state index in [2.05, 4.69) is 10.6 Å². The standard InChI is InChI=1S/C22H33N3O3S/c1-22(2,3)24-19(26)14-23-21(28)17-12-8-9-13-18(17)29-15-20(27)25(4)16-10-6-5-7-11-16/h8-9,12-13,16H,5-7,10-11,14-15H2,1-4H3,(H,23,28)(H,24,26). The van der Waals surface area contributed by atoms with Crippen molar-refractivity contribution in [1.82, 2.24) is 15.5 Å². The Morgan fingerprint density at radius 2 is 1.76 bits per heavy atom. The monoisotopic (exact) mass is 419 g/mol. The Balaban J connectivity index is 1.91. The minimum Gasteiger partial charge on any atom is -0.350 e. The van der Waals surface area contributed by atoms with Crippen molar-refractivity contribution < 1.29 is 14.4 Å². The summed E-state index contributed by atoms with van der Waals surface area (Å²) in [6.07, 6.45) is 5.76. The molecular formula is C22H33N3O3S. The van der Waals surface area contributed by atoms with Crippen molar-refractivity contribution in [2.24, 2.45) is 0 Å². The number of amides is 3. The normalized spacial score (nSPS) is 14.9. The van der Waals surface area contributed by atoms with Crippen LogP contribution in [-0.4, -0.2) is 53.5 Å². The van der Waals surface area contributed by atoms with E-state index in [1.807, 2.05) is 44.9 Å². The van der Waals surface area contributed by atoms with Gasteiger partial charge in [0.1, 0.15) is 0 Å². The molecule has 160 valence electrons. The van der Waals surface area contributed by atoms with Crippen LogP contribution in [0, 0.1) is 0 Å². The highest BCUT2D eigenvalue weighted by atomic mass is 32.2. The van der Waals surface area contributed by atoms with E-state index in [0.29, 0.717) is 17.4 Å². The van der Waals surface area contributed by atoms with Crippen molar-refractivity contribution in [3.63, 3.8) is 0 Å². The first-order valence-electron chi connectivity index (χ1n) is 10.2. The van der Waals surface area contributed by atoms with Crippen molar-refractivity contribution in [2.75, 3.05) is 19.3 Å². The van der Waals surface area contributed by atoms with E-state index < -0.39 is 0 Å². The zero-order valence-corrected chi connectivity index (χ0v) is 18.7. The molecule has 0 atom stereocenters. The lowest BCUT2D eigenvalue weighted by Gasteiger charge is -2.31. The summed E-state index contributed by atoms with van der Waals surface area (Å²) in [4.78, 5) is 39.7. The van der Waals surface area contributed by atoms with Gasteiger partial charge in [0.2, 0.25) is 11.8 Å². The molecule has 0 radical (unpaired) electrons. The Bertz CT molecular complexity index is 724. The van der Waals surface area contributed by atoms with Gasteiger partial charge >= 0.3 is 0 Å². The van der Waals surface area contributed by atoms with Crippen molar-refractivity contribution in [1.29, 1.82) is 0 Å². The van der Waals surface area contributed by atoms with Crippen molar-refractivity contribution in [2.45, 2.75) is 69.4 Å². The summed E-state index contributed by atoms with van der Waals surface area (Å²) in [5.74, 6) is -0.172. The predicted octanol–water partition coefficient (Wildman–Crippen LogP) is 3.21. The van der Waals surface area contributed by atoms with Gasteiger partial charge in [0.05, 0.1) is 17.9 Å². The second-order valence-corrected chi connectivity index (χ2v) is 9.58. The molecule has 2 N–H and O–H groups in total. The molecule has 0 aliphatic heterocycles. The van der Waals surface area contributed by atoms with E-state index in [-0.39, 0.29) is 29.8 Å². The lowest BCUT2D eigenvalue weighted by Crippen LogP contribution is -2.45. The molecule has 1 saturated carbocycles. The highest BCUT2D eigenvalue weighted by Crippen LogP contribution is 2.25. The Hall–Kier alpha value is -2.02. The lowest BCUT2D eigenvalue weighted by atomic mass is 9.94. The van der Waals surface area contributed by atoms with Gasteiger partial charge in [-0.15, -0.1) is 11.8 Å². The second kappa shape index (κ2) is 10.7. The third-order valence-electron chi connectivity index (χ3n) is 4.92. The number of benzene rings is 1. The maximum atomic E-state index is 12.6. The zero-order valence-electron chi connectivity index (χ0n) is 17.9. The first kappa shape index (κ1) is 23.3. The van der Waals surface area contributed by atoms with Crippen LogP contribution in [0.25, 0.3) is 0 Å². The van der Waals surface area contributed by atoms with Crippen LogP contribution >= 0.6 is 11.8 Å². The fraction of sp³-hybridized carbons (Fsp3) is 0.591. The van der Waals surface area contributed by atoms with Crippen LogP contribution in [0.2, 0.25) is 0 Å². The fourth-order valence-electron chi connectivity index (χ4n) is 3.41. The molecular weight excluding hydrogens is 386 g/mol. The Morgan fingerprint density at radius 3 is 2.41 bits per heavy atom. The molecule has 0 spiro atoms. The van der Waals surface area contributed by atoms with Gasteiger partial charge in [0, 0.05) is 23.5 Å². The predicted molar refractivity (Wildman–Crippen MR) is 117 cm³/mol. The number of carbonyl (C=O) groups is 3. The van der Waals surface area contributed by atoms with Crippen LogP contribution in [0.3, 0.4) is 0 Å². The van der Waals surface area contributed by atoms with E-state index >= 15 is 0 Å². The molecule has 6 nitrogen and oxygen atoms in total. The molecule has 0 saturated heterocycles. The minimum absolute atomic E-state index is 0.0849. The second-order valence-electron chi connectivity index (χ2n) is 8.56. The molecule has 0 aromatic heterocycles. The molecule has 1 aromatic carbocycles. The fourth-order valence-corrected chi connectivity index (χ4v) is 4.39. The molecule has 0 bridgehead atoms. The van der Waals surface area contributed by atoms with Crippen LogP contribution < -0.4 is 10.6 Å². The summed E-state index contributed by atoms with van der Waals surface area (Å²) in [5, 5.41) is 5.48. The number of hydrogen-bond acceptors (Lipinski definition) is 4. The number of nitrogens with zero attached hydrogens (tertiary/aromatic N) is 1. The smallest absolute Gasteiger partial charge is 0.252 e. The number of hydrogen-bond donors (Lipinski definition) is 2. The van der Waals surface area contributed by atoms with Crippen molar-refractivity contribution in [3.05, 3.63) is 29.8 Å². The van der Waals surface area contributed by atoms with E-state index in [0.717, 1.165) is 17.7 Å². The van der Waals surface area contributed by atoms with Gasteiger partial charge in [-0.25, -0.2) is 0 Å². The summed E-state index contributed by atoms with van der Waals surface area (Å²) in [6, 6.07) is 7.51. The number of nitrogens with one attached hydrogen (secondary N) is 2. The maximum Gasteiger partial charge on any atom is 0.252 e. The first-order valence-corrected chi connectivity index (χ1v) is 11.2. The maximum absolute atomic E-state index is 12.6. The highest BCUT2D eigenvalue weighted by Gasteiger charge is 2.22. The van der Waals surface area contributed by atoms with Crippen LogP contribution in [0.5, 0.6) is 0 Å². The van der Waals surface area contributed by atoms with Crippen LogP contribution in [0.1, 0.15) is 63.2 Å². The lowest BCUT2D eigenvalue weighted by molar-refractivity contribution is -0.129. The Kier molecular flexibility index (Phi) is 8.56. The van der Waals surface area contributed by atoms with Gasteiger partial charge in [0.25, 0.3) is 5.91 Å². The quantitative estimate of drug-likeness (QED) is 0.665. The van der Waals surface area contributed by atoms with E-state index in [1.165, 1.54) is 31.0 Å². The van der Waals surface area contributed by atoms with Gasteiger partial charge in [-0.05, 0) is 45.7 Å². The number of rotatable bonds is 7. The van der Waals surface area contributed by atoms with Crippen LogP contribution in [0.15, 0.2) is 29.2 Å². The molecule has 0 heterocycles. The van der Waals surface area contributed by atoms with Gasteiger partial charge in [-0.1, -0.05) is 31.4 Å². The average molecular weight is 420 g/mol. The molecule has 1 aromatic rings. The van der Waals surface area contributed by atoms with Crippen molar-refractivity contribution >= 4 is 29.5 Å². The van der Waals surface area contributed by atoms with Crippen LogP contribution in [0.4, 0.5) is 0 Å². The first-order chi connectivity index (χ1) is 13.7. The number of carbonyl (C=O) groups excluding carboxylic acids is 3. The zero-order chi connectivity index (χ0) is 21.4. The van der Waals surface area contributed by atoms with E-state index in [9.17, 15) is 14.4 Å². The Labute approximate surface area is 178 Å². The summed E-state index contributed by atoms with van der Waals surface area (Å²) in [5.41, 5.74) is 0.134. The van der Waals surface area contributed by atoms with E-state index in [4.69, 9.17) is 0 Å². The average Bonchev–Trinajstić information content (AvgIpc) is 2.69. The van der Waals surface area contributed by atoms with Gasteiger partial charge in [-0.3, -0.25) is 14.4 Å². The van der Waals surface area contributed by atoms with Crippen molar-refractivity contribution in [3.8, 4) is 0 Å². The third kappa shape index (κ3) is 7.72. The molecule has 29 heavy (non-hydrogen) atoms. The van der Waals surface area contributed by atoms with Gasteiger partial charge in [0.15, 0.2) is 0 Å². The van der Waals surface area contributed by atoms with Gasteiger partial charge in [-0.2, -0.15) is 0 Å². The van der Waals surface area contributed by atoms with Crippen LogP contribution in [-0.2, 0) is 9.59 Å². The van der Waals surface area contributed by atoms with Gasteiger partial charge < -0.3 is 15.5 Å². The molecule has 1 fully saturated rings. The third-order valence-corrected chi connectivity index (χ3v) is 5.98. The summed E-state index contributed by atoms with van der Waals surface area (Å²) in [6.45, 7) is 5.58. The minimum atomic E-state index is -0.347. The largest absolute Gasteiger partial charge is 0.350 e. The summed E-state index contributed by atoms with van der Waals surface area (Å²) in [7, 11) is 1.88. The number of thioether (sulfide) groups is 1. The van der Waals surface area contributed by atoms with E-state index in [1.54, 1.807) is 12.1 Å². The topological polar surface area (TPSA) is 78.5 Å².